The number of nitrogens with one attached hydrogen (secondary N) is 1. The molecule has 7 aromatic carbocycles. The molecule has 0 aromatic heterocycles. The van der Waals surface area contributed by atoms with Crippen molar-refractivity contribution in [2.24, 2.45) is 0 Å². The van der Waals surface area contributed by atoms with Gasteiger partial charge in [-0.05, 0) is 114 Å². The summed E-state index contributed by atoms with van der Waals surface area (Å²) in [6.07, 6.45) is -1.06. The largest absolute Gasteiger partial charge is 0.465 e. The Labute approximate surface area is 194 Å². The van der Waals surface area contributed by atoms with Gasteiger partial charge in [0.2, 0.25) is 0 Å². The van der Waals surface area contributed by atoms with Gasteiger partial charge in [0.1, 0.15) is 0 Å². The van der Waals surface area contributed by atoms with Gasteiger partial charge in [-0.1, -0.05) is 48.5 Å². The van der Waals surface area contributed by atoms with Crippen molar-refractivity contribution in [3.8, 4) is 0 Å². The summed E-state index contributed by atoms with van der Waals surface area (Å²) in [6.45, 7) is 0. The van der Waals surface area contributed by atoms with Crippen LogP contribution in [0, 0.1) is 0 Å². The van der Waals surface area contributed by atoms with E-state index < -0.39 is 6.09 Å². The average Bonchev–Trinajstić information content (AvgIpc) is 2.84. The third kappa shape index (κ3) is 2.87. The zero-order valence-electron chi connectivity index (χ0n) is 18.2. The molecule has 0 radical (unpaired) electrons. The van der Waals surface area contributed by atoms with E-state index in [1.54, 1.807) is 6.07 Å². The van der Waals surface area contributed by atoms with E-state index in [1.165, 1.54) is 43.1 Å². The summed E-state index contributed by atoms with van der Waals surface area (Å²) in [5.74, 6) is 0. The van der Waals surface area contributed by atoms with Crippen LogP contribution in [0.2, 0.25) is 0 Å². The van der Waals surface area contributed by atoms with Crippen LogP contribution in [-0.2, 0) is 0 Å². The summed E-state index contributed by atoms with van der Waals surface area (Å²) in [5.41, 5.74) is 0.600. The van der Waals surface area contributed by atoms with Crippen molar-refractivity contribution in [1.29, 1.82) is 0 Å². The van der Waals surface area contributed by atoms with Crippen LogP contribution in [0.15, 0.2) is 103 Å². The van der Waals surface area contributed by atoms with E-state index >= 15 is 0 Å². The molecule has 34 heavy (non-hydrogen) atoms. The van der Waals surface area contributed by atoms with Crippen molar-refractivity contribution < 1.29 is 9.90 Å². The van der Waals surface area contributed by atoms with Crippen molar-refractivity contribution in [2.75, 3.05) is 5.32 Å². The Bertz CT molecular complexity index is 1970. The predicted octanol–water partition coefficient (Wildman–Crippen LogP) is 8.70. The van der Waals surface area contributed by atoms with Crippen LogP contribution in [0.1, 0.15) is 0 Å². The Morgan fingerprint density at radius 2 is 0.912 bits per heavy atom. The van der Waals surface area contributed by atoms with E-state index in [-0.39, 0.29) is 0 Å². The fourth-order valence-electron chi connectivity index (χ4n) is 5.25. The number of fused-ring (bicyclic) bond motifs is 7. The molecule has 0 saturated carbocycles. The zero-order chi connectivity index (χ0) is 22.8. The van der Waals surface area contributed by atoms with E-state index in [0.717, 1.165) is 21.5 Å². The molecule has 3 heteroatoms. The van der Waals surface area contributed by atoms with Gasteiger partial charge in [0.15, 0.2) is 0 Å². The van der Waals surface area contributed by atoms with Crippen molar-refractivity contribution in [3.63, 3.8) is 0 Å². The molecule has 160 valence electrons. The normalized spacial score (nSPS) is 11.8. The Morgan fingerprint density at radius 1 is 0.471 bits per heavy atom. The van der Waals surface area contributed by atoms with Crippen LogP contribution in [0.3, 0.4) is 0 Å². The van der Waals surface area contributed by atoms with Gasteiger partial charge in [-0.25, -0.2) is 4.79 Å². The first-order valence-electron chi connectivity index (χ1n) is 11.3. The van der Waals surface area contributed by atoms with E-state index in [2.05, 4.69) is 90.2 Å². The molecule has 2 N–H and O–H groups in total. The molecule has 0 saturated heterocycles. The molecule has 0 spiro atoms. The molecule has 7 rings (SSSR count). The van der Waals surface area contributed by atoms with Crippen LogP contribution in [-0.4, -0.2) is 11.2 Å². The summed E-state index contributed by atoms with van der Waals surface area (Å²) in [4.78, 5) is 11.3. The van der Waals surface area contributed by atoms with E-state index in [9.17, 15) is 9.90 Å². The maximum Gasteiger partial charge on any atom is 0.409 e. The van der Waals surface area contributed by atoms with Crippen molar-refractivity contribution in [1.82, 2.24) is 0 Å². The molecule has 0 heterocycles. The maximum atomic E-state index is 11.3. The Kier molecular flexibility index (Phi) is 3.85. The third-order valence-corrected chi connectivity index (χ3v) is 6.85. The number of benzene rings is 7. The van der Waals surface area contributed by atoms with Gasteiger partial charge >= 0.3 is 6.09 Å². The molecule has 0 aliphatic heterocycles. The first-order valence-corrected chi connectivity index (χ1v) is 11.3. The minimum absolute atomic E-state index is 0.600. The summed E-state index contributed by atoms with van der Waals surface area (Å²) < 4.78 is 0. The van der Waals surface area contributed by atoms with Gasteiger partial charge in [0, 0.05) is 5.39 Å². The highest BCUT2D eigenvalue weighted by atomic mass is 16.4. The van der Waals surface area contributed by atoms with Gasteiger partial charge in [-0.3, -0.25) is 5.32 Å². The minimum atomic E-state index is -1.06. The fourth-order valence-corrected chi connectivity index (χ4v) is 5.25. The molecule has 3 nitrogen and oxygen atoms in total. The van der Waals surface area contributed by atoms with Crippen LogP contribution < -0.4 is 5.32 Å². The summed E-state index contributed by atoms with van der Waals surface area (Å²) in [5, 5.41) is 25.7. The number of carboxylic acid groups (broad SMARTS) is 1. The lowest BCUT2D eigenvalue weighted by Crippen LogP contribution is -2.07. The van der Waals surface area contributed by atoms with E-state index in [1.807, 2.05) is 12.1 Å². The molecule has 7 aromatic rings. The number of amides is 1. The van der Waals surface area contributed by atoms with E-state index in [0.29, 0.717) is 5.69 Å². The Hall–Kier alpha value is -4.63. The molecular weight excluding hydrogens is 418 g/mol. The van der Waals surface area contributed by atoms with Gasteiger partial charge < -0.3 is 5.11 Å². The number of hydrogen-bond donors (Lipinski definition) is 2. The second-order valence-corrected chi connectivity index (χ2v) is 8.91. The zero-order valence-corrected chi connectivity index (χ0v) is 18.2. The fraction of sp³-hybridized carbons (Fsp3) is 0. The first-order chi connectivity index (χ1) is 16.6. The maximum absolute atomic E-state index is 11.3. The van der Waals surface area contributed by atoms with Crippen LogP contribution >= 0.6 is 0 Å². The number of rotatable bonds is 1. The lowest BCUT2D eigenvalue weighted by Gasteiger charge is -2.11. The second kappa shape index (κ2) is 6.93. The molecule has 0 bridgehead atoms. The second-order valence-electron chi connectivity index (χ2n) is 8.91. The van der Waals surface area contributed by atoms with Gasteiger partial charge in [0.25, 0.3) is 0 Å². The van der Waals surface area contributed by atoms with Crippen molar-refractivity contribution in [2.45, 2.75) is 0 Å². The number of hydrogen-bond acceptors (Lipinski definition) is 1. The topological polar surface area (TPSA) is 49.3 Å². The van der Waals surface area contributed by atoms with Gasteiger partial charge in [-0.15, -0.1) is 0 Å². The van der Waals surface area contributed by atoms with Gasteiger partial charge in [-0.2, -0.15) is 0 Å². The lowest BCUT2D eigenvalue weighted by atomic mass is 9.94. The molecular formula is C31H19NO2. The van der Waals surface area contributed by atoms with Crippen LogP contribution in [0.5, 0.6) is 0 Å². The highest BCUT2D eigenvalue weighted by Crippen LogP contribution is 2.36. The third-order valence-electron chi connectivity index (χ3n) is 6.85. The number of carbonyl (C=O) groups is 1. The van der Waals surface area contributed by atoms with Crippen molar-refractivity contribution >= 4 is 76.4 Å². The van der Waals surface area contributed by atoms with E-state index in [4.69, 9.17) is 0 Å². The molecule has 1 amide bonds. The summed E-state index contributed by atoms with van der Waals surface area (Å²) in [7, 11) is 0. The summed E-state index contributed by atoms with van der Waals surface area (Å²) in [6, 6.07) is 36.3. The van der Waals surface area contributed by atoms with Crippen LogP contribution in [0.25, 0.3) is 64.6 Å². The summed E-state index contributed by atoms with van der Waals surface area (Å²) >= 11 is 0. The minimum Gasteiger partial charge on any atom is -0.465 e. The molecule has 0 atom stereocenters. The highest BCUT2D eigenvalue weighted by molar-refractivity contribution is 6.18. The average molecular weight is 437 g/mol. The molecule has 0 aliphatic carbocycles. The smallest absolute Gasteiger partial charge is 0.409 e. The molecule has 0 fully saturated rings. The predicted molar refractivity (Wildman–Crippen MR) is 143 cm³/mol. The number of anilines is 1. The standard InChI is InChI=1S/C31H19NO2/c33-31(34)32-30-7-3-6-20-12-24-14-22-9-8-21-13-23-10-18-4-1-2-5-19(18)11-25(23)15-27(21)28(22)16-26(24)17-29(20)30/h1-17,32H,(H,33,34). The highest BCUT2D eigenvalue weighted by Gasteiger charge is 2.09. The Balaban J connectivity index is 1.53. The SMILES string of the molecule is O=C(O)Nc1cccc2cc3cc4ccc5cc6cc7ccccc7cc6cc5c4cc3cc12. The first kappa shape index (κ1) is 18.9. The lowest BCUT2D eigenvalue weighted by molar-refractivity contribution is 0.210. The van der Waals surface area contributed by atoms with Gasteiger partial charge in [0.05, 0.1) is 5.69 Å². The van der Waals surface area contributed by atoms with Crippen molar-refractivity contribution in [3.05, 3.63) is 103 Å². The molecule has 0 aliphatic rings. The van der Waals surface area contributed by atoms with Crippen LogP contribution in [0.4, 0.5) is 10.5 Å². The quantitative estimate of drug-likeness (QED) is 0.199. The molecule has 0 unspecified atom stereocenters. The Morgan fingerprint density at radius 3 is 1.50 bits per heavy atom. The monoisotopic (exact) mass is 437 g/mol.